The van der Waals surface area contributed by atoms with Gasteiger partial charge in [-0.25, -0.2) is 9.97 Å². The first-order valence-electron chi connectivity index (χ1n) is 9.92. The summed E-state index contributed by atoms with van der Waals surface area (Å²) in [5.41, 5.74) is 14.3. The number of carbonyl (C=O) groups is 2. The van der Waals surface area contributed by atoms with Gasteiger partial charge in [-0.1, -0.05) is 24.3 Å². The first-order chi connectivity index (χ1) is 15.0. The first-order valence-corrected chi connectivity index (χ1v) is 9.92. The zero-order chi connectivity index (χ0) is 21.8. The Labute approximate surface area is 179 Å². The number of rotatable bonds is 5. The number of carbonyl (C=O) groups excluding carboxylic acids is 2. The number of anilines is 3. The summed E-state index contributed by atoms with van der Waals surface area (Å²) in [5, 5.41) is 6.23. The summed E-state index contributed by atoms with van der Waals surface area (Å²) in [7, 11) is 0. The molecule has 4 rings (SSSR count). The van der Waals surface area contributed by atoms with Gasteiger partial charge in [-0.15, -0.1) is 0 Å². The van der Waals surface area contributed by atoms with Gasteiger partial charge in [0.1, 0.15) is 0 Å². The first kappa shape index (κ1) is 20.3. The molecule has 1 aliphatic rings. The molecule has 0 aliphatic carbocycles. The number of amides is 2. The fourth-order valence-corrected chi connectivity index (χ4v) is 3.48. The lowest BCUT2D eigenvalue weighted by molar-refractivity contribution is 0.0997. The number of nitrogen functional groups attached to an aromatic ring is 1. The van der Waals surface area contributed by atoms with Crippen molar-refractivity contribution in [1.82, 2.24) is 15.3 Å². The highest BCUT2D eigenvalue weighted by molar-refractivity contribution is 6.07. The number of nitrogens with one attached hydrogen (secondary N) is 2. The van der Waals surface area contributed by atoms with Crippen LogP contribution in [-0.2, 0) is 0 Å². The fraction of sp³-hybridized carbons (Fsp3) is 0.182. The Morgan fingerprint density at radius 1 is 1.06 bits per heavy atom. The van der Waals surface area contributed by atoms with Crippen LogP contribution in [0.3, 0.4) is 0 Å². The number of nitrogens with two attached hydrogens (primary N) is 2. The molecular weight excluding hydrogens is 394 g/mol. The van der Waals surface area contributed by atoms with E-state index in [0.29, 0.717) is 22.5 Å². The quantitative estimate of drug-likeness (QED) is 0.493. The van der Waals surface area contributed by atoms with E-state index in [-0.39, 0.29) is 11.5 Å². The van der Waals surface area contributed by atoms with Crippen LogP contribution in [0.1, 0.15) is 20.8 Å². The highest BCUT2D eigenvalue weighted by atomic mass is 16.2. The number of nitrogens with zero attached hydrogens (tertiary/aromatic N) is 3. The van der Waals surface area contributed by atoms with Crippen LogP contribution in [0.5, 0.6) is 0 Å². The van der Waals surface area contributed by atoms with Crippen LogP contribution >= 0.6 is 0 Å². The third-order valence-electron chi connectivity index (χ3n) is 5.07. The van der Waals surface area contributed by atoms with Gasteiger partial charge in [-0.3, -0.25) is 9.59 Å². The Morgan fingerprint density at radius 3 is 2.61 bits per heavy atom. The number of benzene rings is 2. The number of hydrogen-bond acceptors (Lipinski definition) is 7. The van der Waals surface area contributed by atoms with Crippen LogP contribution < -0.4 is 27.0 Å². The van der Waals surface area contributed by atoms with Crippen molar-refractivity contribution in [3.8, 4) is 11.3 Å². The molecule has 3 aromatic rings. The molecule has 1 fully saturated rings. The van der Waals surface area contributed by atoms with E-state index in [2.05, 4.69) is 25.5 Å². The van der Waals surface area contributed by atoms with E-state index in [9.17, 15) is 9.59 Å². The number of aromatic nitrogens is 2. The second-order valence-corrected chi connectivity index (χ2v) is 7.14. The maximum atomic E-state index is 13.0. The summed E-state index contributed by atoms with van der Waals surface area (Å²) >= 11 is 0. The van der Waals surface area contributed by atoms with E-state index in [4.69, 9.17) is 11.5 Å². The van der Waals surface area contributed by atoms with Crippen LogP contribution in [0.25, 0.3) is 11.3 Å². The van der Waals surface area contributed by atoms with E-state index in [1.165, 1.54) is 6.20 Å². The van der Waals surface area contributed by atoms with Crippen LogP contribution in [-0.4, -0.2) is 48.0 Å². The Morgan fingerprint density at radius 2 is 1.84 bits per heavy atom. The summed E-state index contributed by atoms with van der Waals surface area (Å²) in [5.74, 6) is -0.986. The molecule has 0 bridgehead atoms. The molecule has 9 nitrogen and oxygen atoms in total. The molecule has 0 unspecified atom stereocenters. The van der Waals surface area contributed by atoms with Gasteiger partial charge in [-0.2, -0.15) is 0 Å². The van der Waals surface area contributed by atoms with Crippen molar-refractivity contribution in [3.05, 3.63) is 66.0 Å². The third kappa shape index (κ3) is 4.46. The molecule has 6 N–H and O–H groups in total. The van der Waals surface area contributed by atoms with Gasteiger partial charge in [0.15, 0.2) is 11.5 Å². The van der Waals surface area contributed by atoms with Crippen molar-refractivity contribution >= 4 is 29.0 Å². The van der Waals surface area contributed by atoms with Gasteiger partial charge >= 0.3 is 0 Å². The van der Waals surface area contributed by atoms with Crippen molar-refractivity contribution in [3.63, 3.8) is 0 Å². The molecule has 0 radical (unpaired) electrons. The van der Waals surface area contributed by atoms with Gasteiger partial charge in [0, 0.05) is 37.3 Å². The average Bonchev–Trinajstić information content (AvgIpc) is 2.80. The third-order valence-corrected chi connectivity index (χ3v) is 5.07. The van der Waals surface area contributed by atoms with E-state index in [1.54, 1.807) is 24.3 Å². The monoisotopic (exact) mass is 417 g/mol. The highest BCUT2D eigenvalue weighted by Gasteiger charge is 2.19. The molecule has 1 saturated heterocycles. The maximum Gasteiger partial charge on any atom is 0.278 e. The molecular formula is C22H23N7O2. The minimum atomic E-state index is -0.548. The predicted molar refractivity (Wildman–Crippen MR) is 120 cm³/mol. The molecule has 2 heterocycles. The van der Waals surface area contributed by atoms with Gasteiger partial charge in [0.25, 0.3) is 5.91 Å². The Hall–Kier alpha value is -3.98. The maximum absolute atomic E-state index is 13.0. The minimum Gasteiger partial charge on any atom is -0.382 e. The zero-order valence-electron chi connectivity index (χ0n) is 16.8. The standard InChI is InChI=1S/C22H23N7O2/c23-20-19(27-17(13-26-20)14-4-3-5-15(12-14)21(24)30)22(31)28-16-6-1-2-7-18(16)29-10-8-25-9-11-29/h1-7,12-13,25H,8-11H2,(H2,23,26)(H2,24,30)(H,28,31). The Kier molecular flexibility index (Phi) is 5.76. The van der Waals surface area contributed by atoms with E-state index >= 15 is 0 Å². The van der Waals surface area contributed by atoms with Crippen LogP contribution in [0.15, 0.2) is 54.7 Å². The second kappa shape index (κ2) is 8.80. The zero-order valence-corrected chi connectivity index (χ0v) is 16.8. The summed E-state index contributed by atoms with van der Waals surface area (Å²) in [6, 6.07) is 14.3. The largest absolute Gasteiger partial charge is 0.382 e. The topological polar surface area (TPSA) is 139 Å². The Bertz CT molecular complexity index is 1130. The minimum absolute atomic E-state index is 0.0112. The molecule has 0 atom stereocenters. The number of hydrogen-bond donors (Lipinski definition) is 4. The lowest BCUT2D eigenvalue weighted by Gasteiger charge is -2.31. The van der Waals surface area contributed by atoms with Gasteiger partial charge in [-0.05, 0) is 24.3 Å². The molecule has 1 aromatic heterocycles. The van der Waals surface area contributed by atoms with Crippen molar-refractivity contribution in [1.29, 1.82) is 0 Å². The van der Waals surface area contributed by atoms with E-state index in [1.807, 2.05) is 24.3 Å². The van der Waals surface area contributed by atoms with Crippen molar-refractivity contribution in [2.45, 2.75) is 0 Å². The predicted octanol–water partition coefficient (Wildman–Crippen LogP) is 1.49. The highest BCUT2D eigenvalue weighted by Crippen LogP contribution is 2.27. The van der Waals surface area contributed by atoms with Gasteiger partial charge in [0.2, 0.25) is 5.91 Å². The molecule has 0 spiro atoms. The summed E-state index contributed by atoms with van der Waals surface area (Å²) in [6.07, 6.45) is 1.46. The van der Waals surface area contributed by atoms with E-state index < -0.39 is 11.8 Å². The van der Waals surface area contributed by atoms with Gasteiger partial charge in [0.05, 0.1) is 23.3 Å². The SMILES string of the molecule is NC(=O)c1cccc(-c2cnc(N)c(C(=O)Nc3ccccc3N3CCNCC3)n2)c1. The molecule has 1 aliphatic heterocycles. The van der Waals surface area contributed by atoms with Crippen LogP contribution in [0.2, 0.25) is 0 Å². The molecule has 0 saturated carbocycles. The van der Waals surface area contributed by atoms with E-state index in [0.717, 1.165) is 31.9 Å². The normalized spacial score (nSPS) is 13.6. The lowest BCUT2D eigenvalue weighted by atomic mass is 10.1. The molecule has 158 valence electrons. The summed E-state index contributed by atoms with van der Waals surface area (Å²) in [4.78, 5) is 35.2. The van der Waals surface area contributed by atoms with Crippen molar-refractivity contribution in [2.24, 2.45) is 5.73 Å². The van der Waals surface area contributed by atoms with Crippen LogP contribution in [0, 0.1) is 0 Å². The van der Waals surface area contributed by atoms with Crippen molar-refractivity contribution in [2.75, 3.05) is 42.1 Å². The number of piperazine rings is 1. The molecule has 31 heavy (non-hydrogen) atoms. The lowest BCUT2D eigenvalue weighted by Crippen LogP contribution is -2.43. The molecule has 2 aromatic carbocycles. The van der Waals surface area contributed by atoms with Crippen molar-refractivity contribution < 1.29 is 9.59 Å². The Balaban J connectivity index is 1.62. The summed E-state index contributed by atoms with van der Waals surface area (Å²) in [6.45, 7) is 3.46. The number of para-hydroxylation sites is 2. The smallest absolute Gasteiger partial charge is 0.278 e. The molecule has 2 amide bonds. The fourth-order valence-electron chi connectivity index (χ4n) is 3.48. The average molecular weight is 417 g/mol. The van der Waals surface area contributed by atoms with Gasteiger partial charge < -0.3 is 27.0 Å². The van der Waals surface area contributed by atoms with Crippen LogP contribution in [0.4, 0.5) is 17.2 Å². The molecule has 9 heteroatoms. The number of primary amides is 1. The summed E-state index contributed by atoms with van der Waals surface area (Å²) < 4.78 is 0. The second-order valence-electron chi connectivity index (χ2n) is 7.14.